The van der Waals surface area contributed by atoms with Crippen LogP contribution in [-0.2, 0) is 4.79 Å². The van der Waals surface area contributed by atoms with E-state index in [1.54, 1.807) is 12.1 Å². The molecule has 0 radical (unpaired) electrons. The average molecular weight is 276 g/mol. The number of rotatable bonds is 7. The third kappa shape index (κ3) is 4.84. The van der Waals surface area contributed by atoms with E-state index in [0.29, 0.717) is 5.56 Å². The molecule has 1 heterocycles. The van der Waals surface area contributed by atoms with Gasteiger partial charge >= 0.3 is 5.97 Å². The number of carbonyl (C=O) groups excluding carboxylic acids is 1. The zero-order chi connectivity index (χ0) is 15.0. The lowest BCUT2D eigenvalue weighted by molar-refractivity contribution is -0.131. The molecule has 108 valence electrons. The number of aromatic nitrogens is 1. The second kappa shape index (κ2) is 8.09. The molecule has 5 nitrogen and oxygen atoms in total. The molecule has 0 aliphatic heterocycles. The number of hydrogen-bond acceptors (Lipinski definition) is 3. The maximum absolute atomic E-state index is 12.2. The van der Waals surface area contributed by atoms with Crippen LogP contribution in [0.5, 0.6) is 0 Å². The van der Waals surface area contributed by atoms with Crippen molar-refractivity contribution in [3.63, 3.8) is 0 Å². The van der Waals surface area contributed by atoms with E-state index in [9.17, 15) is 9.59 Å². The van der Waals surface area contributed by atoms with Crippen LogP contribution in [0.1, 0.15) is 49.2 Å². The van der Waals surface area contributed by atoms with Gasteiger partial charge in [0.1, 0.15) is 5.69 Å². The largest absolute Gasteiger partial charge is 0.478 e. The highest BCUT2D eigenvalue weighted by atomic mass is 16.4. The molecule has 1 aromatic rings. The summed E-state index contributed by atoms with van der Waals surface area (Å²) >= 11 is 0. The van der Waals surface area contributed by atoms with Crippen LogP contribution in [0.4, 0.5) is 0 Å². The van der Waals surface area contributed by atoms with Crippen molar-refractivity contribution in [3.8, 4) is 0 Å². The van der Waals surface area contributed by atoms with E-state index in [4.69, 9.17) is 5.11 Å². The maximum atomic E-state index is 12.2. The summed E-state index contributed by atoms with van der Waals surface area (Å²) in [7, 11) is 0. The molecule has 0 saturated carbocycles. The Hall–Kier alpha value is -2.17. The summed E-state index contributed by atoms with van der Waals surface area (Å²) in [6, 6.07) is 3.45. The lowest BCUT2D eigenvalue weighted by Crippen LogP contribution is -2.35. The second-order valence-corrected chi connectivity index (χ2v) is 4.48. The molecule has 0 aliphatic carbocycles. The van der Waals surface area contributed by atoms with E-state index in [0.717, 1.165) is 25.3 Å². The Kier molecular flexibility index (Phi) is 6.43. The maximum Gasteiger partial charge on any atom is 0.328 e. The van der Waals surface area contributed by atoms with Crippen LogP contribution in [0.3, 0.4) is 0 Å². The average Bonchev–Trinajstić information content (AvgIpc) is 2.44. The van der Waals surface area contributed by atoms with Crippen molar-refractivity contribution in [3.05, 3.63) is 35.7 Å². The van der Waals surface area contributed by atoms with Crippen molar-refractivity contribution in [1.29, 1.82) is 0 Å². The van der Waals surface area contributed by atoms with Crippen LogP contribution < -0.4 is 5.32 Å². The summed E-state index contributed by atoms with van der Waals surface area (Å²) in [4.78, 5) is 26.8. The zero-order valence-corrected chi connectivity index (χ0v) is 11.8. The second-order valence-electron chi connectivity index (χ2n) is 4.48. The number of aliphatic carboxylic acids is 1. The van der Waals surface area contributed by atoms with Crippen LogP contribution >= 0.6 is 0 Å². The Bertz CT molecular complexity index is 498. The molecule has 0 aliphatic rings. The predicted molar refractivity (Wildman–Crippen MR) is 77.4 cm³/mol. The van der Waals surface area contributed by atoms with Crippen LogP contribution in [0.2, 0.25) is 0 Å². The van der Waals surface area contributed by atoms with E-state index in [1.807, 2.05) is 6.92 Å². The minimum absolute atomic E-state index is 0.116. The predicted octanol–water partition coefficient (Wildman–Crippen LogP) is 2.49. The summed E-state index contributed by atoms with van der Waals surface area (Å²) in [5, 5.41) is 11.6. The molecule has 20 heavy (non-hydrogen) atoms. The Balaban J connectivity index is 2.89. The van der Waals surface area contributed by atoms with Crippen molar-refractivity contribution in [2.24, 2.45) is 0 Å². The van der Waals surface area contributed by atoms with E-state index in [-0.39, 0.29) is 17.6 Å². The zero-order valence-electron chi connectivity index (χ0n) is 11.8. The minimum Gasteiger partial charge on any atom is -0.478 e. The standard InChI is InChI=1S/C15H20N2O3/c1-3-6-12(4-2)17-15(20)14-11(7-5-10-16-14)8-9-13(18)19/h5,7-10,12H,3-4,6H2,1-2H3,(H,17,20)(H,18,19)/b9-8+. The number of pyridine rings is 1. The molecule has 1 aromatic heterocycles. The smallest absolute Gasteiger partial charge is 0.328 e. The summed E-state index contributed by atoms with van der Waals surface area (Å²) in [6.07, 6.45) is 6.66. The van der Waals surface area contributed by atoms with Crippen molar-refractivity contribution in [2.75, 3.05) is 0 Å². The first-order chi connectivity index (χ1) is 9.58. The van der Waals surface area contributed by atoms with Gasteiger partial charge in [-0.05, 0) is 25.0 Å². The quantitative estimate of drug-likeness (QED) is 0.750. The first-order valence-corrected chi connectivity index (χ1v) is 6.75. The van der Waals surface area contributed by atoms with E-state index in [1.165, 1.54) is 12.3 Å². The third-order valence-electron chi connectivity index (χ3n) is 2.92. The molecule has 1 unspecified atom stereocenters. The molecule has 0 saturated heterocycles. The van der Waals surface area contributed by atoms with Gasteiger partial charge in [-0.25, -0.2) is 4.79 Å². The van der Waals surface area contributed by atoms with Crippen LogP contribution in [0.25, 0.3) is 6.08 Å². The number of nitrogens with zero attached hydrogens (tertiary/aromatic N) is 1. The molecule has 0 spiro atoms. The minimum atomic E-state index is -1.06. The van der Waals surface area contributed by atoms with Gasteiger partial charge in [-0.1, -0.05) is 26.3 Å². The van der Waals surface area contributed by atoms with E-state index >= 15 is 0 Å². The van der Waals surface area contributed by atoms with Gasteiger partial charge in [-0.15, -0.1) is 0 Å². The lowest BCUT2D eigenvalue weighted by Gasteiger charge is -2.16. The Morgan fingerprint density at radius 2 is 2.20 bits per heavy atom. The molecule has 1 amide bonds. The molecular weight excluding hydrogens is 256 g/mol. The summed E-state index contributed by atoms with van der Waals surface area (Å²) in [5.41, 5.74) is 0.748. The molecular formula is C15H20N2O3. The van der Waals surface area contributed by atoms with Crippen LogP contribution in [0.15, 0.2) is 24.4 Å². The highest BCUT2D eigenvalue weighted by Gasteiger charge is 2.15. The van der Waals surface area contributed by atoms with E-state index in [2.05, 4.69) is 17.2 Å². The fourth-order valence-electron chi connectivity index (χ4n) is 1.88. The van der Waals surface area contributed by atoms with Gasteiger partial charge in [-0.3, -0.25) is 9.78 Å². The normalized spacial score (nSPS) is 12.3. The Labute approximate surface area is 118 Å². The van der Waals surface area contributed by atoms with Crippen molar-refractivity contribution in [2.45, 2.75) is 39.2 Å². The first-order valence-electron chi connectivity index (χ1n) is 6.75. The number of hydrogen-bond donors (Lipinski definition) is 2. The first kappa shape index (κ1) is 15.9. The fraction of sp³-hybridized carbons (Fsp3) is 0.400. The van der Waals surface area contributed by atoms with Gasteiger partial charge in [0.05, 0.1) is 0 Å². The van der Waals surface area contributed by atoms with Gasteiger partial charge in [0, 0.05) is 23.9 Å². The van der Waals surface area contributed by atoms with Gasteiger partial charge < -0.3 is 10.4 Å². The topological polar surface area (TPSA) is 79.3 Å². The van der Waals surface area contributed by atoms with Gasteiger partial charge in [-0.2, -0.15) is 0 Å². The summed E-state index contributed by atoms with van der Waals surface area (Å²) in [6.45, 7) is 4.08. The van der Waals surface area contributed by atoms with Gasteiger partial charge in [0.15, 0.2) is 0 Å². The highest BCUT2D eigenvalue weighted by molar-refractivity contribution is 5.97. The SMILES string of the molecule is CCCC(CC)NC(=O)c1ncccc1/C=C/C(=O)O. The highest BCUT2D eigenvalue weighted by Crippen LogP contribution is 2.09. The third-order valence-corrected chi connectivity index (χ3v) is 2.92. The molecule has 1 atom stereocenters. The number of carboxylic acids is 1. The molecule has 0 fully saturated rings. The molecule has 1 rings (SSSR count). The molecule has 5 heteroatoms. The van der Waals surface area contributed by atoms with Crippen LogP contribution in [-0.4, -0.2) is 28.0 Å². The fourth-order valence-corrected chi connectivity index (χ4v) is 1.88. The number of amides is 1. The van der Waals surface area contributed by atoms with Crippen molar-refractivity contribution < 1.29 is 14.7 Å². The lowest BCUT2D eigenvalue weighted by atomic mass is 10.1. The van der Waals surface area contributed by atoms with Crippen molar-refractivity contribution >= 4 is 18.0 Å². The van der Waals surface area contributed by atoms with Gasteiger partial charge in [0.25, 0.3) is 5.91 Å². The van der Waals surface area contributed by atoms with Crippen LogP contribution in [0, 0.1) is 0 Å². The summed E-state index contributed by atoms with van der Waals surface area (Å²) in [5.74, 6) is -1.33. The Morgan fingerprint density at radius 1 is 1.45 bits per heavy atom. The van der Waals surface area contributed by atoms with E-state index < -0.39 is 5.97 Å². The molecule has 0 aromatic carbocycles. The molecule has 0 bridgehead atoms. The molecule has 2 N–H and O–H groups in total. The number of nitrogens with one attached hydrogen (secondary N) is 1. The number of carboxylic acid groups (broad SMARTS) is 1. The number of carbonyl (C=O) groups is 2. The monoisotopic (exact) mass is 276 g/mol. The van der Waals surface area contributed by atoms with Gasteiger partial charge in [0.2, 0.25) is 0 Å². The summed E-state index contributed by atoms with van der Waals surface area (Å²) < 4.78 is 0. The van der Waals surface area contributed by atoms with Crippen molar-refractivity contribution in [1.82, 2.24) is 10.3 Å². The Morgan fingerprint density at radius 3 is 2.80 bits per heavy atom.